The number of rotatable bonds is 4. The predicted octanol–water partition coefficient (Wildman–Crippen LogP) is 0.334. The molecule has 0 spiro atoms. The number of hydrogen-bond donors (Lipinski definition) is 2. The third-order valence-corrected chi connectivity index (χ3v) is 4.23. The summed E-state index contributed by atoms with van der Waals surface area (Å²) in [5.74, 6) is 0.876. The highest BCUT2D eigenvalue weighted by atomic mass is 16.3. The standard InChI is InChI=1S/C14H20N4O2/c19-12(11-3-1-4-11)17-9-14(20)5-8-18(10-14)13-15-6-2-7-16-13/h2,6-7,11,20H,1,3-5,8-10H2,(H,17,19)/t14-/m1/s1. The molecule has 1 atom stereocenters. The normalized spacial score (nSPS) is 26.4. The highest BCUT2D eigenvalue weighted by Gasteiger charge is 2.38. The van der Waals surface area contributed by atoms with Crippen molar-refractivity contribution >= 4 is 11.9 Å². The second-order valence-electron chi connectivity index (χ2n) is 5.79. The highest BCUT2D eigenvalue weighted by Crippen LogP contribution is 2.27. The molecule has 1 saturated carbocycles. The number of nitrogens with zero attached hydrogens (tertiary/aromatic N) is 3. The van der Waals surface area contributed by atoms with E-state index in [9.17, 15) is 9.90 Å². The summed E-state index contributed by atoms with van der Waals surface area (Å²) < 4.78 is 0. The van der Waals surface area contributed by atoms with Gasteiger partial charge in [-0.2, -0.15) is 0 Å². The Balaban J connectivity index is 1.53. The molecule has 1 aliphatic heterocycles. The van der Waals surface area contributed by atoms with Crippen molar-refractivity contribution in [3.8, 4) is 0 Å². The number of β-amino-alcohol motifs (C(OH)–C–C–N with tert-alkyl or cyclic N) is 1. The molecule has 1 aliphatic carbocycles. The molecule has 1 amide bonds. The second-order valence-corrected chi connectivity index (χ2v) is 5.79. The zero-order chi connectivity index (χ0) is 14.0. The smallest absolute Gasteiger partial charge is 0.225 e. The fourth-order valence-electron chi connectivity index (χ4n) is 2.69. The maximum atomic E-state index is 11.8. The minimum atomic E-state index is -0.876. The van der Waals surface area contributed by atoms with Crippen molar-refractivity contribution in [1.29, 1.82) is 0 Å². The quantitative estimate of drug-likeness (QED) is 0.829. The molecule has 2 fully saturated rings. The van der Waals surface area contributed by atoms with Crippen LogP contribution >= 0.6 is 0 Å². The molecule has 20 heavy (non-hydrogen) atoms. The largest absolute Gasteiger partial charge is 0.386 e. The van der Waals surface area contributed by atoms with Gasteiger partial charge in [0.2, 0.25) is 11.9 Å². The van der Waals surface area contributed by atoms with E-state index >= 15 is 0 Å². The zero-order valence-electron chi connectivity index (χ0n) is 11.5. The van der Waals surface area contributed by atoms with Crippen molar-refractivity contribution in [2.24, 2.45) is 5.92 Å². The minimum Gasteiger partial charge on any atom is -0.386 e. The predicted molar refractivity (Wildman–Crippen MR) is 74.2 cm³/mol. The minimum absolute atomic E-state index is 0.0825. The van der Waals surface area contributed by atoms with Crippen LogP contribution in [0.15, 0.2) is 18.5 Å². The van der Waals surface area contributed by atoms with E-state index in [0.717, 1.165) is 19.3 Å². The average molecular weight is 276 g/mol. The van der Waals surface area contributed by atoms with Crippen LogP contribution in [-0.2, 0) is 4.79 Å². The van der Waals surface area contributed by atoms with Crippen molar-refractivity contribution < 1.29 is 9.90 Å². The number of nitrogens with one attached hydrogen (secondary N) is 1. The Morgan fingerprint density at radius 3 is 2.85 bits per heavy atom. The zero-order valence-corrected chi connectivity index (χ0v) is 11.5. The van der Waals surface area contributed by atoms with Gasteiger partial charge >= 0.3 is 0 Å². The van der Waals surface area contributed by atoms with Gasteiger partial charge in [0.1, 0.15) is 5.60 Å². The van der Waals surface area contributed by atoms with Gasteiger partial charge in [-0.15, -0.1) is 0 Å². The maximum Gasteiger partial charge on any atom is 0.225 e. The van der Waals surface area contributed by atoms with Crippen LogP contribution in [0.25, 0.3) is 0 Å². The van der Waals surface area contributed by atoms with Crippen LogP contribution in [0.3, 0.4) is 0 Å². The van der Waals surface area contributed by atoms with E-state index in [1.807, 2.05) is 4.90 Å². The molecule has 2 aliphatic rings. The Kier molecular flexibility index (Phi) is 3.56. The van der Waals surface area contributed by atoms with Gasteiger partial charge in [0.25, 0.3) is 0 Å². The summed E-state index contributed by atoms with van der Waals surface area (Å²) in [6, 6.07) is 1.77. The van der Waals surface area contributed by atoms with Gasteiger partial charge in [-0.05, 0) is 25.3 Å². The second kappa shape index (κ2) is 5.36. The number of carbonyl (C=O) groups is 1. The summed E-state index contributed by atoms with van der Waals surface area (Å²) in [7, 11) is 0. The summed E-state index contributed by atoms with van der Waals surface area (Å²) in [5.41, 5.74) is -0.876. The summed E-state index contributed by atoms with van der Waals surface area (Å²) in [6.07, 6.45) is 7.11. The van der Waals surface area contributed by atoms with Crippen molar-refractivity contribution in [3.63, 3.8) is 0 Å². The van der Waals surface area contributed by atoms with E-state index < -0.39 is 5.60 Å². The maximum absolute atomic E-state index is 11.8. The van der Waals surface area contributed by atoms with E-state index in [1.165, 1.54) is 0 Å². The topological polar surface area (TPSA) is 78.4 Å². The molecular weight excluding hydrogens is 256 g/mol. The van der Waals surface area contributed by atoms with Gasteiger partial charge < -0.3 is 15.3 Å². The summed E-state index contributed by atoms with van der Waals surface area (Å²) in [4.78, 5) is 22.1. The van der Waals surface area contributed by atoms with Gasteiger partial charge in [-0.25, -0.2) is 9.97 Å². The fourth-order valence-corrected chi connectivity index (χ4v) is 2.69. The van der Waals surface area contributed by atoms with Crippen molar-refractivity contribution in [2.45, 2.75) is 31.3 Å². The molecule has 108 valence electrons. The van der Waals surface area contributed by atoms with E-state index in [4.69, 9.17) is 0 Å². The fraction of sp³-hybridized carbons (Fsp3) is 0.643. The van der Waals surface area contributed by atoms with E-state index in [1.54, 1.807) is 18.5 Å². The lowest BCUT2D eigenvalue weighted by Crippen LogP contribution is -2.47. The molecule has 2 N–H and O–H groups in total. The molecular formula is C14H20N4O2. The summed E-state index contributed by atoms with van der Waals surface area (Å²) in [5, 5.41) is 13.4. The summed E-state index contributed by atoms with van der Waals surface area (Å²) >= 11 is 0. The molecule has 6 nitrogen and oxygen atoms in total. The molecule has 0 radical (unpaired) electrons. The first-order chi connectivity index (χ1) is 9.66. The number of amides is 1. The van der Waals surface area contributed by atoms with Crippen LogP contribution < -0.4 is 10.2 Å². The SMILES string of the molecule is O=C(NC[C@]1(O)CCN(c2ncccn2)C1)C1CCC1. The number of aliphatic hydroxyl groups is 1. The van der Waals surface area contributed by atoms with Gasteiger partial charge in [-0.3, -0.25) is 4.79 Å². The van der Waals surface area contributed by atoms with Gasteiger partial charge in [0.15, 0.2) is 0 Å². The van der Waals surface area contributed by atoms with Crippen LogP contribution in [0, 0.1) is 5.92 Å². The van der Waals surface area contributed by atoms with Crippen LogP contribution in [0.2, 0.25) is 0 Å². The Morgan fingerprint density at radius 2 is 2.20 bits per heavy atom. The first-order valence-corrected chi connectivity index (χ1v) is 7.18. The van der Waals surface area contributed by atoms with Crippen molar-refractivity contribution in [3.05, 3.63) is 18.5 Å². The monoisotopic (exact) mass is 276 g/mol. The lowest BCUT2D eigenvalue weighted by Gasteiger charge is -2.28. The number of aromatic nitrogens is 2. The number of carbonyl (C=O) groups excluding carboxylic acids is 1. The van der Waals surface area contributed by atoms with Gasteiger partial charge in [0, 0.05) is 31.4 Å². The number of anilines is 1. The van der Waals surface area contributed by atoms with E-state index in [0.29, 0.717) is 32.0 Å². The van der Waals surface area contributed by atoms with Gasteiger partial charge in [0.05, 0.1) is 6.54 Å². The lowest BCUT2D eigenvalue weighted by atomic mass is 9.84. The Morgan fingerprint density at radius 1 is 1.45 bits per heavy atom. The average Bonchev–Trinajstić information content (AvgIpc) is 2.79. The van der Waals surface area contributed by atoms with Crippen LogP contribution in [-0.4, -0.2) is 46.2 Å². The van der Waals surface area contributed by atoms with Crippen molar-refractivity contribution in [1.82, 2.24) is 15.3 Å². The molecule has 3 rings (SSSR count). The molecule has 1 aromatic rings. The van der Waals surface area contributed by atoms with Gasteiger partial charge in [-0.1, -0.05) is 6.42 Å². The lowest BCUT2D eigenvalue weighted by molar-refractivity contribution is -0.128. The van der Waals surface area contributed by atoms with Crippen LogP contribution in [0.1, 0.15) is 25.7 Å². The highest BCUT2D eigenvalue weighted by molar-refractivity contribution is 5.79. The third-order valence-electron chi connectivity index (χ3n) is 4.23. The molecule has 1 saturated heterocycles. The van der Waals surface area contributed by atoms with E-state index in [-0.39, 0.29) is 11.8 Å². The first kappa shape index (κ1) is 13.3. The Bertz CT molecular complexity index is 477. The van der Waals surface area contributed by atoms with Crippen LogP contribution in [0.5, 0.6) is 0 Å². The third kappa shape index (κ3) is 2.75. The molecule has 0 unspecified atom stereocenters. The Labute approximate surface area is 118 Å². The molecule has 0 bridgehead atoms. The van der Waals surface area contributed by atoms with E-state index in [2.05, 4.69) is 15.3 Å². The Hall–Kier alpha value is -1.69. The molecule has 6 heteroatoms. The first-order valence-electron chi connectivity index (χ1n) is 7.18. The molecule has 1 aromatic heterocycles. The molecule has 0 aromatic carbocycles. The number of hydrogen-bond acceptors (Lipinski definition) is 5. The van der Waals surface area contributed by atoms with Crippen molar-refractivity contribution in [2.75, 3.05) is 24.5 Å². The summed E-state index contributed by atoms with van der Waals surface area (Å²) in [6.45, 7) is 1.48. The molecule has 2 heterocycles. The van der Waals surface area contributed by atoms with Crippen LogP contribution in [0.4, 0.5) is 5.95 Å².